The Bertz CT molecular complexity index is 1030. The van der Waals surface area contributed by atoms with Crippen molar-refractivity contribution in [3.05, 3.63) is 35.4 Å². The van der Waals surface area contributed by atoms with Crippen molar-refractivity contribution in [1.29, 1.82) is 0 Å². The Hall–Kier alpha value is -2.75. The summed E-state index contributed by atoms with van der Waals surface area (Å²) < 4.78 is 39.3. The normalized spacial score (nSPS) is 11.9. The van der Waals surface area contributed by atoms with Crippen LogP contribution in [0.3, 0.4) is 0 Å². The van der Waals surface area contributed by atoms with E-state index in [4.69, 9.17) is 5.73 Å². The van der Waals surface area contributed by atoms with Crippen LogP contribution in [0.2, 0.25) is 0 Å². The van der Waals surface area contributed by atoms with Gasteiger partial charge in [-0.2, -0.15) is 13.2 Å². The number of benzene rings is 1. The summed E-state index contributed by atoms with van der Waals surface area (Å²) in [6.07, 6.45) is 0. The van der Waals surface area contributed by atoms with E-state index >= 15 is 0 Å². The first-order valence-electron chi connectivity index (χ1n) is 7.30. The minimum Gasteiger partial charge on any atom is -0.478 e. The van der Waals surface area contributed by atoms with E-state index in [1.54, 1.807) is 18.5 Å². The number of alkyl halides is 3. The number of nitrogens with zero attached hydrogens (tertiary/aromatic N) is 3. The number of aromatic carboxylic acids is 1. The molecule has 0 aliphatic heterocycles. The lowest BCUT2D eigenvalue weighted by Crippen LogP contribution is -2.08. The highest BCUT2D eigenvalue weighted by Crippen LogP contribution is 2.38. The number of halogens is 3. The number of hydrogen-bond donors (Lipinski definition) is 2. The molecular formula is C16H13F3N4O2S. The van der Waals surface area contributed by atoms with Gasteiger partial charge in [-0.3, -0.25) is 0 Å². The van der Waals surface area contributed by atoms with Gasteiger partial charge in [-0.25, -0.2) is 14.8 Å². The lowest BCUT2D eigenvalue weighted by Gasteiger charge is -2.09. The largest absolute Gasteiger partial charge is 0.478 e. The summed E-state index contributed by atoms with van der Waals surface area (Å²) in [5.41, 5.74) is 2.72. The third-order valence-corrected chi connectivity index (χ3v) is 4.50. The van der Waals surface area contributed by atoms with Gasteiger partial charge >= 0.3 is 11.5 Å². The van der Waals surface area contributed by atoms with Crippen LogP contribution in [-0.2, 0) is 7.05 Å². The Morgan fingerprint density at radius 1 is 1.27 bits per heavy atom. The van der Waals surface area contributed by atoms with E-state index in [0.29, 0.717) is 16.6 Å². The number of anilines is 1. The zero-order chi connectivity index (χ0) is 19.2. The van der Waals surface area contributed by atoms with Gasteiger partial charge in [0.05, 0.1) is 16.6 Å². The number of carboxylic acids is 1. The van der Waals surface area contributed by atoms with Crippen LogP contribution in [0.25, 0.3) is 22.6 Å². The Morgan fingerprint density at radius 3 is 2.58 bits per heavy atom. The molecule has 0 saturated carbocycles. The lowest BCUT2D eigenvalue weighted by atomic mass is 10.1. The molecule has 0 fully saturated rings. The number of rotatable bonds is 3. The van der Waals surface area contributed by atoms with E-state index in [1.165, 1.54) is 24.3 Å². The van der Waals surface area contributed by atoms with Gasteiger partial charge < -0.3 is 15.4 Å². The maximum Gasteiger partial charge on any atom is 0.446 e. The van der Waals surface area contributed by atoms with Crippen molar-refractivity contribution in [2.45, 2.75) is 17.3 Å². The summed E-state index contributed by atoms with van der Waals surface area (Å²) in [4.78, 5) is 20.0. The van der Waals surface area contributed by atoms with Crippen LogP contribution in [0.5, 0.6) is 0 Å². The number of pyridine rings is 1. The molecule has 0 saturated heterocycles. The summed E-state index contributed by atoms with van der Waals surface area (Å²) in [5, 5.41) is 9.43. The molecule has 0 atom stereocenters. The minimum atomic E-state index is -4.41. The average Bonchev–Trinajstić information content (AvgIpc) is 2.84. The minimum absolute atomic E-state index is 0.00973. The molecule has 1 aromatic carbocycles. The predicted octanol–water partition coefficient (Wildman–Crippen LogP) is 3.84. The Morgan fingerprint density at radius 2 is 1.96 bits per heavy atom. The van der Waals surface area contributed by atoms with Gasteiger partial charge in [0.1, 0.15) is 11.5 Å². The molecule has 136 valence electrons. The quantitative estimate of drug-likeness (QED) is 0.669. The molecule has 0 bridgehead atoms. The van der Waals surface area contributed by atoms with Crippen molar-refractivity contribution >= 4 is 34.6 Å². The highest BCUT2D eigenvalue weighted by atomic mass is 32.2. The van der Waals surface area contributed by atoms with Crippen LogP contribution in [0.4, 0.5) is 19.0 Å². The molecule has 0 amide bonds. The highest BCUT2D eigenvalue weighted by molar-refractivity contribution is 8.00. The maximum absolute atomic E-state index is 12.6. The molecule has 2 heterocycles. The second kappa shape index (κ2) is 6.20. The standard InChI is InChI=1S/C16H13F3N4O2S/c1-7-5-9(15(24)25)12(22-13(7)20)14-21-10-6-8(26-16(17,18)19)3-4-11(10)23(14)2/h3-6H,1-2H3,(H2,20,22)(H,24,25). The number of hydrogen-bond acceptors (Lipinski definition) is 5. The molecule has 0 unspecified atom stereocenters. The summed E-state index contributed by atoms with van der Waals surface area (Å²) in [6.45, 7) is 1.63. The Labute approximate surface area is 149 Å². The van der Waals surface area contributed by atoms with Crippen molar-refractivity contribution in [3.63, 3.8) is 0 Å². The number of nitrogens with two attached hydrogens (primary N) is 1. The SMILES string of the molecule is Cc1cc(C(=O)O)c(-c2nc3cc(SC(F)(F)F)ccc3n2C)nc1N. The van der Waals surface area contributed by atoms with Gasteiger partial charge in [0, 0.05) is 11.9 Å². The molecule has 3 N–H and O–H groups in total. The lowest BCUT2D eigenvalue weighted by molar-refractivity contribution is -0.0328. The van der Waals surface area contributed by atoms with Gasteiger partial charge in [-0.15, -0.1) is 0 Å². The van der Waals surface area contributed by atoms with Gasteiger partial charge in [0.2, 0.25) is 0 Å². The molecule has 0 aliphatic carbocycles. The van der Waals surface area contributed by atoms with E-state index in [-0.39, 0.29) is 39.6 Å². The number of nitrogen functional groups attached to an aromatic ring is 1. The van der Waals surface area contributed by atoms with Crippen LogP contribution in [0, 0.1) is 6.92 Å². The fourth-order valence-corrected chi connectivity index (χ4v) is 3.12. The summed E-state index contributed by atoms with van der Waals surface area (Å²) >= 11 is -0.240. The number of carbonyl (C=O) groups is 1. The first kappa shape index (κ1) is 18.1. The molecule has 0 spiro atoms. The molecule has 2 aromatic heterocycles. The fraction of sp³-hybridized carbons (Fsp3) is 0.188. The van der Waals surface area contributed by atoms with Gasteiger partial charge in [0.25, 0.3) is 0 Å². The van der Waals surface area contributed by atoms with E-state index in [2.05, 4.69) is 9.97 Å². The number of aryl methyl sites for hydroxylation is 2. The number of aromatic nitrogens is 3. The van der Waals surface area contributed by atoms with E-state index in [9.17, 15) is 23.1 Å². The molecule has 3 aromatic rings. The third kappa shape index (κ3) is 3.32. The molecule has 0 radical (unpaired) electrons. The second-order valence-electron chi connectivity index (χ2n) is 5.58. The number of carboxylic acid groups (broad SMARTS) is 1. The van der Waals surface area contributed by atoms with E-state index < -0.39 is 11.5 Å². The van der Waals surface area contributed by atoms with Gasteiger partial charge in [-0.1, -0.05) is 0 Å². The van der Waals surface area contributed by atoms with Gasteiger partial charge in [0.15, 0.2) is 5.82 Å². The Kier molecular flexibility index (Phi) is 4.31. The zero-order valence-electron chi connectivity index (χ0n) is 13.6. The highest BCUT2D eigenvalue weighted by Gasteiger charge is 2.29. The molecule has 0 aliphatic rings. The molecule has 26 heavy (non-hydrogen) atoms. The van der Waals surface area contributed by atoms with Crippen LogP contribution >= 0.6 is 11.8 Å². The summed E-state index contributed by atoms with van der Waals surface area (Å²) in [5.74, 6) is -0.834. The van der Waals surface area contributed by atoms with Crippen molar-refractivity contribution in [1.82, 2.24) is 14.5 Å². The maximum atomic E-state index is 12.6. The monoisotopic (exact) mass is 382 g/mol. The van der Waals surface area contributed by atoms with E-state index in [0.717, 1.165) is 0 Å². The molecule has 6 nitrogen and oxygen atoms in total. The number of fused-ring (bicyclic) bond motifs is 1. The van der Waals surface area contributed by atoms with E-state index in [1.807, 2.05) is 0 Å². The summed E-state index contributed by atoms with van der Waals surface area (Å²) in [7, 11) is 1.63. The van der Waals surface area contributed by atoms with Crippen LogP contribution in [0.15, 0.2) is 29.2 Å². The van der Waals surface area contributed by atoms with Crippen LogP contribution < -0.4 is 5.73 Å². The average molecular weight is 382 g/mol. The molecule has 3 rings (SSSR count). The van der Waals surface area contributed by atoms with Crippen molar-refractivity contribution in [3.8, 4) is 11.5 Å². The van der Waals surface area contributed by atoms with Crippen LogP contribution in [0.1, 0.15) is 15.9 Å². The first-order valence-corrected chi connectivity index (χ1v) is 8.11. The first-order chi connectivity index (χ1) is 12.1. The zero-order valence-corrected chi connectivity index (χ0v) is 14.4. The smallest absolute Gasteiger partial charge is 0.446 e. The third-order valence-electron chi connectivity index (χ3n) is 3.78. The van der Waals surface area contributed by atoms with Crippen molar-refractivity contribution in [2.24, 2.45) is 7.05 Å². The molecule has 10 heteroatoms. The van der Waals surface area contributed by atoms with Crippen LogP contribution in [-0.4, -0.2) is 31.1 Å². The van der Waals surface area contributed by atoms with Crippen molar-refractivity contribution in [2.75, 3.05) is 5.73 Å². The Balaban J connectivity index is 2.19. The molecular weight excluding hydrogens is 369 g/mol. The topological polar surface area (TPSA) is 94.0 Å². The number of thioether (sulfide) groups is 1. The van der Waals surface area contributed by atoms with Crippen molar-refractivity contribution < 1.29 is 23.1 Å². The summed E-state index contributed by atoms with van der Waals surface area (Å²) in [6, 6.07) is 5.53. The predicted molar refractivity (Wildman–Crippen MR) is 92.0 cm³/mol. The second-order valence-corrected chi connectivity index (χ2v) is 6.72. The number of imidazole rings is 1. The van der Waals surface area contributed by atoms with Gasteiger partial charge in [-0.05, 0) is 48.5 Å². The fourth-order valence-electron chi connectivity index (χ4n) is 2.55.